The van der Waals surface area contributed by atoms with Crippen molar-refractivity contribution in [2.24, 2.45) is 7.05 Å². The van der Waals surface area contributed by atoms with E-state index in [9.17, 15) is 0 Å². The van der Waals surface area contributed by atoms with Crippen LogP contribution in [0.4, 0.5) is 5.69 Å². The Morgan fingerprint density at radius 2 is 1.90 bits per heavy atom. The fourth-order valence-corrected chi connectivity index (χ4v) is 5.11. The molecule has 0 saturated heterocycles. The van der Waals surface area contributed by atoms with Crippen molar-refractivity contribution in [2.45, 2.75) is 51.1 Å². The van der Waals surface area contributed by atoms with Gasteiger partial charge in [-0.1, -0.05) is 55.5 Å². The van der Waals surface area contributed by atoms with E-state index >= 15 is 0 Å². The molecule has 1 aromatic heterocycles. The average Bonchev–Trinajstić information content (AvgIpc) is 2.94. The fraction of sp³-hybridized carbons (Fsp3) is 0.400. The molecule has 2 aromatic carbocycles. The molecule has 3 aromatic rings. The van der Waals surface area contributed by atoms with Gasteiger partial charge in [-0.3, -0.25) is 0 Å². The van der Waals surface area contributed by atoms with Crippen LogP contribution in [0.5, 0.6) is 5.75 Å². The number of aryl methyl sites for hydroxylation is 1. The van der Waals surface area contributed by atoms with E-state index in [4.69, 9.17) is 28.6 Å². The maximum atomic E-state index is 6.15. The Morgan fingerprint density at radius 3 is 2.65 bits per heavy atom. The summed E-state index contributed by atoms with van der Waals surface area (Å²) in [5.41, 5.74) is 3.39. The fourth-order valence-electron chi connectivity index (χ4n) is 4.63. The molecule has 0 radical (unpaired) electrons. The summed E-state index contributed by atoms with van der Waals surface area (Å²) >= 11 is 12.1. The van der Waals surface area contributed by atoms with Gasteiger partial charge in [0.15, 0.2) is 5.11 Å². The third-order valence-electron chi connectivity index (χ3n) is 6.25. The summed E-state index contributed by atoms with van der Waals surface area (Å²) < 4.78 is 7.73. The summed E-state index contributed by atoms with van der Waals surface area (Å²) in [7, 11) is 3.76. The number of hydrogen-bond acceptors (Lipinski definition) is 2. The molecule has 0 bridgehead atoms. The monoisotopic (exact) mass is 455 g/mol. The minimum atomic E-state index is 0.430. The molecule has 0 atom stereocenters. The smallest absolute Gasteiger partial charge is 0.174 e. The highest BCUT2D eigenvalue weighted by Gasteiger charge is 2.24. The van der Waals surface area contributed by atoms with E-state index in [-0.39, 0.29) is 0 Å². The Bertz CT molecular complexity index is 1060. The van der Waals surface area contributed by atoms with Gasteiger partial charge in [-0.05, 0) is 48.8 Å². The number of hydrogen-bond donors (Lipinski definition) is 1. The molecule has 164 valence electrons. The maximum absolute atomic E-state index is 6.15. The number of fused-ring (bicyclic) bond motifs is 1. The van der Waals surface area contributed by atoms with Crippen molar-refractivity contribution < 1.29 is 4.74 Å². The van der Waals surface area contributed by atoms with Crippen LogP contribution < -0.4 is 10.1 Å². The highest BCUT2D eigenvalue weighted by Crippen LogP contribution is 2.31. The van der Waals surface area contributed by atoms with E-state index in [1.165, 1.54) is 55.0 Å². The largest absolute Gasteiger partial charge is 0.495 e. The minimum absolute atomic E-state index is 0.430. The molecule has 4 nitrogen and oxygen atoms in total. The molecule has 0 spiro atoms. The van der Waals surface area contributed by atoms with Crippen molar-refractivity contribution in [1.82, 2.24) is 9.47 Å². The molecular formula is C25H30ClN3OS. The number of para-hydroxylation sites is 1. The summed E-state index contributed by atoms with van der Waals surface area (Å²) in [5, 5.41) is 6.12. The quantitative estimate of drug-likeness (QED) is 0.340. The van der Waals surface area contributed by atoms with Crippen LogP contribution in [-0.4, -0.2) is 27.7 Å². The van der Waals surface area contributed by atoms with Gasteiger partial charge in [-0.25, -0.2) is 0 Å². The Hall–Kier alpha value is -2.24. The zero-order valence-electron chi connectivity index (χ0n) is 18.2. The second-order valence-corrected chi connectivity index (χ2v) is 9.15. The van der Waals surface area contributed by atoms with Gasteiger partial charge in [0.2, 0.25) is 0 Å². The van der Waals surface area contributed by atoms with E-state index in [0.717, 1.165) is 17.3 Å². The number of nitrogens with zero attached hydrogens (tertiary/aromatic N) is 2. The van der Waals surface area contributed by atoms with Crippen LogP contribution in [0.1, 0.15) is 44.1 Å². The van der Waals surface area contributed by atoms with E-state index in [2.05, 4.69) is 52.3 Å². The van der Waals surface area contributed by atoms with Gasteiger partial charge in [0, 0.05) is 47.8 Å². The van der Waals surface area contributed by atoms with Crippen molar-refractivity contribution in [3.05, 3.63) is 59.2 Å². The van der Waals surface area contributed by atoms with E-state index in [1.807, 2.05) is 18.2 Å². The summed E-state index contributed by atoms with van der Waals surface area (Å²) in [6, 6.07) is 14.6. The number of nitrogens with one attached hydrogen (secondary N) is 1. The predicted molar refractivity (Wildman–Crippen MR) is 134 cm³/mol. The van der Waals surface area contributed by atoms with E-state index in [0.29, 0.717) is 16.8 Å². The van der Waals surface area contributed by atoms with Gasteiger partial charge in [0.05, 0.1) is 12.8 Å². The van der Waals surface area contributed by atoms with E-state index < -0.39 is 0 Å². The van der Waals surface area contributed by atoms with Crippen LogP contribution in [0.15, 0.2) is 48.7 Å². The number of benzene rings is 2. The molecule has 1 saturated carbocycles. The number of halogens is 1. The van der Waals surface area contributed by atoms with Gasteiger partial charge >= 0.3 is 0 Å². The van der Waals surface area contributed by atoms with Gasteiger partial charge in [0.25, 0.3) is 0 Å². The molecule has 0 amide bonds. The lowest BCUT2D eigenvalue weighted by atomic mass is 10.1. The number of methoxy groups -OCH3 is 1. The van der Waals surface area contributed by atoms with Crippen LogP contribution in [-0.2, 0) is 13.6 Å². The molecule has 0 unspecified atom stereocenters. The first-order valence-electron chi connectivity index (χ1n) is 11.0. The zero-order chi connectivity index (χ0) is 21.8. The standard InChI is InChI=1S/C25H30ClN3OS/c1-28-16-18(21-11-7-8-12-23(21)28)17-29(20-9-5-3-4-6-10-20)25(31)27-22-14-13-19(26)15-24(22)30-2/h7-8,11-16,20H,3-6,9-10,17H2,1-2H3,(H,27,31). The van der Waals surface area contributed by atoms with Crippen LogP contribution in [0, 0.1) is 0 Å². The molecule has 1 aliphatic rings. The average molecular weight is 456 g/mol. The van der Waals surface area contributed by atoms with Crippen LogP contribution >= 0.6 is 23.8 Å². The topological polar surface area (TPSA) is 29.4 Å². The highest BCUT2D eigenvalue weighted by molar-refractivity contribution is 7.80. The molecule has 4 rings (SSSR count). The molecule has 1 aliphatic carbocycles. The lowest BCUT2D eigenvalue weighted by Gasteiger charge is -2.34. The van der Waals surface area contributed by atoms with Crippen molar-refractivity contribution >= 4 is 45.5 Å². The molecule has 1 fully saturated rings. The predicted octanol–water partition coefficient (Wildman–Crippen LogP) is 6.76. The Balaban J connectivity index is 1.64. The Labute approximate surface area is 195 Å². The maximum Gasteiger partial charge on any atom is 0.174 e. The summed E-state index contributed by atoms with van der Waals surface area (Å²) in [4.78, 5) is 2.39. The number of ether oxygens (including phenoxy) is 1. The third kappa shape index (κ3) is 4.99. The lowest BCUT2D eigenvalue weighted by molar-refractivity contribution is 0.280. The summed E-state index contributed by atoms with van der Waals surface area (Å²) in [6.45, 7) is 0.785. The van der Waals surface area contributed by atoms with Crippen LogP contribution in [0.3, 0.4) is 0 Å². The molecule has 6 heteroatoms. The van der Waals surface area contributed by atoms with Gasteiger partial charge in [-0.2, -0.15) is 0 Å². The van der Waals surface area contributed by atoms with Gasteiger partial charge in [-0.15, -0.1) is 0 Å². The number of thiocarbonyl (C=S) groups is 1. The first-order valence-corrected chi connectivity index (χ1v) is 11.8. The van der Waals surface area contributed by atoms with Crippen molar-refractivity contribution in [3.8, 4) is 5.75 Å². The molecule has 31 heavy (non-hydrogen) atoms. The second kappa shape index (κ2) is 9.92. The zero-order valence-corrected chi connectivity index (χ0v) is 19.8. The third-order valence-corrected chi connectivity index (χ3v) is 6.82. The normalized spacial score (nSPS) is 14.9. The van der Waals surface area contributed by atoms with Crippen molar-refractivity contribution in [3.63, 3.8) is 0 Å². The molecule has 1 heterocycles. The van der Waals surface area contributed by atoms with Crippen LogP contribution in [0.25, 0.3) is 10.9 Å². The van der Waals surface area contributed by atoms with Crippen molar-refractivity contribution in [1.29, 1.82) is 0 Å². The highest BCUT2D eigenvalue weighted by atomic mass is 35.5. The Kier molecular flexibility index (Phi) is 7.03. The van der Waals surface area contributed by atoms with E-state index in [1.54, 1.807) is 7.11 Å². The van der Waals surface area contributed by atoms with Gasteiger partial charge in [0.1, 0.15) is 5.75 Å². The van der Waals surface area contributed by atoms with Crippen LogP contribution in [0.2, 0.25) is 5.02 Å². The molecular weight excluding hydrogens is 426 g/mol. The number of rotatable bonds is 5. The SMILES string of the molecule is COc1cc(Cl)ccc1NC(=S)N(Cc1cn(C)c2ccccc12)C1CCCCCC1. The number of aromatic nitrogens is 1. The van der Waals surface area contributed by atoms with Crippen molar-refractivity contribution in [2.75, 3.05) is 12.4 Å². The first kappa shape index (κ1) is 22.0. The minimum Gasteiger partial charge on any atom is -0.495 e. The first-order chi connectivity index (χ1) is 15.1. The Morgan fingerprint density at radius 1 is 1.16 bits per heavy atom. The number of anilines is 1. The van der Waals surface area contributed by atoms with Gasteiger partial charge < -0.3 is 19.5 Å². The molecule has 0 aliphatic heterocycles. The summed E-state index contributed by atoms with van der Waals surface area (Å²) in [5.74, 6) is 0.695. The molecule has 1 N–H and O–H groups in total. The lowest BCUT2D eigenvalue weighted by Crippen LogP contribution is -2.42. The second-order valence-electron chi connectivity index (χ2n) is 8.33. The summed E-state index contributed by atoms with van der Waals surface area (Å²) in [6.07, 6.45) is 9.70.